The van der Waals surface area contributed by atoms with E-state index in [1.54, 1.807) is 53.9 Å². The third-order valence-electron chi connectivity index (χ3n) is 4.92. The average Bonchev–Trinajstić information content (AvgIpc) is 3.41. The fourth-order valence-electron chi connectivity index (χ4n) is 3.03. The molecule has 2 N–H and O–H groups in total. The molecule has 0 atom stereocenters. The van der Waals surface area contributed by atoms with Crippen LogP contribution in [0.4, 0.5) is 5.69 Å². The summed E-state index contributed by atoms with van der Waals surface area (Å²) in [4.78, 5) is 25.0. The van der Waals surface area contributed by atoms with Crippen LogP contribution in [0.1, 0.15) is 31.2 Å². The lowest BCUT2D eigenvalue weighted by Crippen LogP contribution is -2.18. The van der Waals surface area contributed by atoms with E-state index in [0.29, 0.717) is 27.4 Å². The fraction of sp³-hybridized carbons (Fsp3) is 0.0385. The second-order valence-corrected chi connectivity index (χ2v) is 10.3. The molecule has 0 bridgehead atoms. The molecule has 0 radical (unpaired) electrons. The van der Waals surface area contributed by atoms with Crippen molar-refractivity contribution in [3.05, 3.63) is 112 Å². The number of hydrogen-bond acceptors (Lipinski definition) is 7. The lowest BCUT2D eigenvalue weighted by atomic mass is 10.2. The molecule has 8 nitrogen and oxygen atoms in total. The van der Waals surface area contributed by atoms with Crippen molar-refractivity contribution in [1.82, 2.24) is 5.43 Å². The standard InChI is InChI=1S/C26H21N3O5S2/c1-18-4-14-23(15-5-18)36(32,33)29-21-10-8-20(9-11-21)25(30)28-27-17-19-6-12-22(13-7-19)34-26(31)24-3-2-16-35-24/h2-17,29H,1H3,(H,28,30)/b27-17-. The zero-order valence-electron chi connectivity index (χ0n) is 19.0. The number of anilines is 1. The minimum Gasteiger partial charge on any atom is -0.422 e. The molecule has 4 rings (SSSR count). The van der Waals surface area contributed by atoms with Crippen LogP contribution in [0.3, 0.4) is 0 Å². The smallest absolute Gasteiger partial charge is 0.353 e. The monoisotopic (exact) mass is 519 g/mol. The summed E-state index contributed by atoms with van der Waals surface area (Å²) >= 11 is 1.30. The van der Waals surface area contributed by atoms with Crippen LogP contribution in [-0.4, -0.2) is 26.5 Å². The van der Waals surface area contributed by atoms with Crippen molar-refractivity contribution in [2.24, 2.45) is 5.10 Å². The first-order valence-corrected chi connectivity index (χ1v) is 13.1. The summed E-state index contributed by atoms with van der Waals surface area (Å²) in [6, 6.07) is 22.6. The lowest BCUT2D eigenvalue weighted by Gasteiger charge is -2.09. The van der Waals surface area contributed by atoms with Crippen molar-refractivity contribution in [2.75, 3.05) is 4.72 Å². The molecule has 0 saturated heterocycles. The minimum absolute atomic E-state index is 0.151. The Kier molecular flexibility index (Phi) is 7.57. The van der Waals surface area contributed by atoms with Crippen LogP contribution >= 0.6 is 11.3 Å². The number of esters is 1. The van der Waals surface area contributed by atoms with Crippen molar-refractivity contribution < 1.29 is 22.7 Å². The molecule has 0 aliphatic rings. The Morgan fingerprint density at radius 3 is 2.25 bits per heavy atom. The first kappa shape index (κ1) is 24.8. The van der Waals surface area contributed by atoms with E-state index in [1.165, 1.54) is 53.9 Å². The molecule has 0 aliphatic heterocycles. The van der Waals surface area contributed by atoms with E-state index in [1.807, 2.05) is 6.92 Å². The van der Waals surface area contributed by atoms with E-state index in [2.05, 4.69) is 15.2 Å². The normalized spacial score (nSPS) is 11.2. The third kappa shape index (κ3) is 6.44. The van der Waals surface area contributed by atoms with Gasteiger partial charge in [-0.15, -0.1) is 11.3 Å². The number of thiophene rings is 1. The third-order valence-corrected chi connectivity index (χ3v) is 7.17. The summed E-state index contributed by atoms with van der Waals surface area (Å²) in [6.45, 7) is 1.88. The molecule has 36 heavy (non-hydrogen) atoms. The second-order valence-electron chi connectivity index (χ2n) is 7.63. The Balaban J connectivity index is 1.30. The van der Waals surface area contributed by atoms with Crippen molar-refractivity contribution in [3.63, 3.8) is 0 Å². The van der Waals surface area contributed by atoms with Gasteiger partial charge in [0.2, 0.25) is 0 Å². The molecule has 10 heteroatoms. The Bertz CT molecular complexity index is 1480. The van der Waals surface area contributed by atoms with Gasteiger partial charge in [-0.25, -0.2) is 18.6 Å². The van der Waals surface area contributed by atoms with Gasteiger partial charge in [-0.1, -0.05) is 23.8 Å². The summed E-state index contributed by atoms with van der Waals surface area (Å²) in [5, 5.41) is 5.73. The molecule has 0 unspecified atom stereocenters. The molecule has 3 aromatic carbocycles. The Hall–Kier alpha value is -4.28. The summed E-state index contributed by atoms with van der Waals surface area (Å²) in [6.07, 6.45) is 1.45. The van der Waals surface area contributed by atoms with Crippen molar-refractivity contribution >= 4 is 45.1 Å². The summed E-state index contributed by atoms with van der Waals surface area (Å²) in [7, 11) is -3.73. The highest BCUT2D eigenvalue weighted by Crippen LogP contribution is 2.18. The number of ether oxygens (including phenoxy) is 1. The number of aryl methyl sites for hydroxylation is 1. The number of amides is 1. The predicted octanol–water partition coefficient (Wildman–Crippen LogP) is 4.84. The van der Waals surface area contributed by atoms with Gasteiger partial charge in [0.25, 0.3) is 15.9 Å². The van der Waals surface area contributed by atoms with Gasteiger partial charge in [0.05, 0.1) is 11.1 Å². The van der Waals surface area contributed by atoms with Gasteiger partial charge in [0.1, 0.15) is 10.6 Å². The SMILES string of the molecule is Cc1ccc(S(=O)(=O)Nc2ccc(C(=O)N/N=C\c3ccc(OC(=O)c4cccs4)cc3)cc2)cc1. The maximum atomic E-state index is 12.5. The van der Waals surface area contributed by atoms with Crippen molar-refractivity contribution in [2.45, 2.75) is 11.8 Å². The molecule has 0 saturated carbocycles. The van der Waals surface area contributed by atoms with Crippen LogP contribution in [0.5, 0.6) is 5.75 Å². The minimum atomic E-state index is -3.73. The number of carbonyl (C=O) groups excluding carboxylic acids is 2. The van der Waals surface area contributed by atoms with E-state index in [4.69, 9.17) is 4.74 Å². The van der Waals surface area contributed by atoms with E-state index >= 15 is 0 Å². The number of sulfonamides is 1. The number of hydrogen-bond donors (Lipinski definition) is 2. The zero-order valence-corrected chi connectivity index (χ0v) is 20.7. The Morgan fingerprint density at radius 2 is 1.61 bits per heavy atom. The van der Waals surface area contributed by atoms with Crippen LogP contribution < -0.4 is 14.9 Å². The zero-order chi connectivity index (χ0) is 25.5. The van der Waals surface area contributed by atoms with Crippen LogP contribution in [0.15, 0.2) is 100 Å². The molecule has 4 aromatic rings. The number of hydrazone groups is 1. The largest absolute Gasteiger partial charge is 0.422 e. The van der Waals surface area contributed by atoms with Crippen molar-refractivity contribution in [1.29, 1.82) is 0 Å². The molecule has 1 aromatic heterocycles. The first-order chi connectivity index (χ1) is 17.3. The molecule has 0 fully saturated rings. The van der Waals surface area contributed by atoms with Crippen molar-refractivity contribution in [3.8, 4) is 5.75 Å². The van der Waals surface area contributed by atoms with Gasteiger partial charge in [0, 0.05) is 11.3 Å². The Labute approximate surface area is 212 Å². The van der Waals surface area contributed by atoms with Crippen LogP contribution in [-0.2, 0) is 10.0 Å². The molecule has 0 aliphatic carbocycles. The number of nitrogens with zero attached hydrogens (tertiary/aromatic N) is 1. The topological polar surface area (TPSA) is 114 Å². The van der Waals surface area contributed by atoms with Gasteiger partial charge >= 0.3 is 5.97 Å². The molecular weight excluding hydrogens is 498 g/mol. The van der Waals surface area contributed by atoms with Crippen LogP contribution in [0.2, 0.25) is 0 Å². The number of carbonyl (C=O) groups is 2. The van der Waals surface area contributed by atoms with Gasteiger partial charge < -0.3 is 4.74 Å². The molecule has 182 valence electrons. The van der Waals surface area contributed by atoms with Gasteiger partial charge in [0.15, 0.2) is 0 Å². The van der Waals surface area contributed by atoms with E-state index in [9.17, 15) is 18.0 Å². The van der Waals surface area contributed by atoms with Crippen LogP contribution in [0.25, 0.3) is 0 Å². The second kappa shape index (κ2) is 11.0. The highest BCUT2D eigenvalue weighted by molar-refractivity contribution is 7.92. The summed E-state index contributed by atoms with van der Waals surface area (Å²) < 4.78 is 32.8. The number of rotatable bonds is 8. The van der Waals surface area contributed by atoms with Crippen LogP contribution in [0, 0.1) is 6.92 Å². The van der Waals surface area contributed by atoms with Gasteiger partial charge in [-0.05, 0) is 84.6 Å². The highest BCUT2D eigenvalue weighted by atomic mass is 32.2. The van der Waals surface area contributed by atoms with E-state index < -0.39 is 21.9 Å². The quantitative estimate of drug-likeness (QED) is 0.150. The number of nitrogens with one attached hydrogen (secondary N) is 2. The molecule has 1 amide bonds. The maximum absolute atomic E-state index is 12.5. The summed E-state index contributed by atoms with van der Waals surface area (Å²) in [5.74, 6) is -0.485. The van der Waals surface area contributed by atoms with E-state index in [-0.39, 0.29) is 4.90 Å². The number of benzene rings is 3. The first-order valence-electron chi connectivity index (χ1n) is 10.7. The lowest BCUT2D eigenvalue weighted by molar-refractivity contribution is 0.0739. The van der Waals surface area contributed by atoms with E-state index in [0.717, 1.165) is 5.56 Å². The predicted molar refractivity (Wildman–Crippen MR) is 139 cm³/mol. The van der Waals surface area contributed by atoms with Gasteiger partial charge in [-0.3, -0.25) is 9.52 Å². The summed E-state index contributed by atoms with van der Waals surface area (Å²) in [5.41, 5.74) is 4.70. The fourth-order valence-corrected chi connectivity index (χ4v) is 4.68. The van der Waals surface area contributed by atoms with Gasteiger partial charge in [-0.2, -0.15) is 5.10 Å². The Morgan fingerprint density at radius 1 is 0.917 bits per heavy atom. The highest BCUT2D eigenvalue weighted by Gasteiger charge is 2.14. The maximum Gasteiger partial charge on any atom is 0.353 e. The molecule has 0 spiro atoms. The molecular formula is C26H21N3O5S2. The average molecular weight is 520 g/mol. The molecule has 1 heterocycles.